The van der Waals surface area contributed by atoms with Crippen molar-refractivity contribution in [2.75, 3.05) is 13.2 Å². The minimum atomic E-state index is -0.134. The summed E-state index contributed by atoms with van der Waals surface area (Å²) in [6.45, 7) is 3.31. The molecule has 0 bridgehead atoms. The van der Waals surface area contributed by atoms with Crippen molar-refractivity contribution >= 4 is 0 Å². The molecule has 1 unspecified atom stereocenters. The Kier molecular flexibility index (Phi) is 5.45. The maximum Gasteiger partial charge on any atom is 0.0693 e. The molecular weight excluding hydrogens is 178 g/mol. The maximum absolute atomic E-state index is 9.54. The lowest BCUT2D eigenvalue weighted by molar-refractivity contribution is 0.148. The fraction of sp³-hybridized carbons (Fsp3) is 1.00. The van der Waals surface area contributed by atoms with Crippen LogP contribution in [0.25, 0.3) is 0 Å². The van der Waals surface area contributed by atoms with Crippen molar-refractivity contribution in [3.63, 3.8) is 0 Å². The smallest absolute Gasteiger partial charge is 0.0693 e. The van der Waals surface area contributed by atoms with Crippen molar-refractivity contribution in [2.45, 2.75) is 51.2 Å². The van der Waals surface area contributed by atoms with E-state index in [0.29, 0.717) is 12.0 Å². The second-order valence-electron chi connectivity index (χ2n) is 4.49. The molecule has 1 saturated carbocycles. The van der Waals surface area contributed by atoms with Crippen molar-refractivity contribution in [2.24, 2.45) is 5.92 Å². The van der Waals surface area contributed by atoms with Crippen LogP contribution in [-0.4, -0.2) is 35.5 Å². The van der Waals surface area contributed by atoms with Crippen LogP contribution in [0, 0.1) is 5.92 Å². The molecule has 0 aliphatic heterocycles. The first-order chi connectivity index (χ1) is 6.74. The molecule has 1 aliphatic carbocycles. The van der Waals surface area contributed by atoms with Gasteiger partial charge in [0.25, 0.3) is 0 Å². The van der Waals surface area contributed by atoms with Gasteiger partial charge in [-0.2, -0.15) is 0 Å². The van der Waals surface area contributed by atoms with E-state index < -0.39 is 0 Å². The van der Waals surface area contributed by atoms with E-state index in [1.54, 1.807) is 0 Å². The molecule has 0 heterocycles. The monoisotopic (exact) mass is 201 g/mol. The highest BCUT2D eigenvalue weighted by molar-refractivity contribution is 4.82. The number of aliphatic hydroxyl groups excluding tert-OH is 2. The summed E-state index contributed by atoms with van der Waals surface area (Å²) in [5.74, 6) is 0.408. The second kappa shape index (κ2) is 6.38. The summed E-state index contributed by atoms with van der Waals surface area (Å²) in [6, 6.07) is 0.319. The Labute approximate surface area is 86.5 Å². The van der Waals surface area contributed by atoms with E-state index in [2.05, 4.69) is 12.2 Å². The van der Waals surface area contributed by atoms with Gasteiger partial charge in [0.15, 0.2) is 0 Å². The first kappa shape index (κ1) is 12.0. The van der Waals surface area contributed by atoms with Crippen molar-refractivity contribution < 1.29 is 10.2 Å². The summed E-state index contributed by atoms with van der Waals surface area (Å²) in [5, 5.41) is 21.7. The standard InChI is InChI=1S/C11H23NO2/c1-9(8-13)4-3-7-12-10-5-2-6-11(10)14/h9-14H,2-8H2,1H3/t9?,10-,11-/m0/s1. The van der Waals surface area contributed by atoms with Crippen LogP contribution in [0.15, 0.2) is 0 Å². The third kappa shape index (κ3) is 3.95. The number of nitrogens with one attached hydrogen (secondary N) is 1. The maximum atomic E-state index is 9.54. The minimum absolute atomic E-state index is 0.134. The Balaban J connectivity index is 1.98. The lowest BCUT2D eigenvalue weighted by atomic mass is 10.1. The summed E-state index contributed by atoms with van der Waals surface area (Å²) in [5.41, 5.74) is 0. The van der Waals surface area contributed by atoms with Gasteiger partial charge in [-0.3, -0.25) is 0 Å². The van der Waals surface area contributed by atoms with E-state index in [0.717, 1.165) is 38.6 Å². The molecule has 1 aliphatic rings. The fourth-order valence-corrected chi connectivity index (χ4v) is 2.01. The molecule has 0 radical (unpaired) electrons. The van der Waals surface area contributed by atoms with Crippen molar-refractivity contribution in [3.8, 4) is 0 Å². The van der Waals surface area contributed by atoms with Crippen LogP contribution in [0.1, 0.15) is 39.0 Å². The van der Waals surface area contributed by atoms with Crippen LogP contribution in [0.2, 0.25) is 0 Å². The molecule has 1 fully saturated rings. The van der Waals surface area contributed by atoms with E-state index in [-0.39, 0.29) is 12.7 Å². The van der Waals surface area contributed by atoms with Crippen molar-refractivity contribution in [1.29, 1.82) is 0 Å². The van der Waals surface area contributed by atoms with Crippen LogP contribution in [0.4, 0.5) is 0 Å². The van der Waals surface area contributed by atoms with Gasteiger partial charge in [-0.1, -0.05) is 6.92 Å². The number of hydrogen-bond donors (Lipinski definition) is 3. The van der Waals surface area contributed by atoms with E-state index in [1.807, 2.05) is 0 Å². The molecule has 3 atom stereocenters. The van der Waals surface area contributed by atoms with Crippen LogP contribution in [0.5, 0.6) is 0 Å². The minimum Gasteiger partial charge on any atom is -0.396 e. The Morgan fingerprint density at radius 1 is 1.43 bits per heavy atom. The van der Waals surface area contributed by atoms with Crippen molar-refractivity contribution in [3.05, 3.63) is 0 Å². The summed E-state index contributed by atoms with van der Waals surface area (Å²) in [7, 11) is 0. The van der Waals surface area contributed by atoms with Crippen LogP contribution in [0.3, 0.4) is 0 Å². The van der Waals surface area contributed by atoms with Gasteiger partial charge in [-0.25, -0.2) is 0 Å². The quantitative estimate of drug-likeness (QED) is 0.560. The number of rotatable bonds is 6. The molecule has 0 aromatic carbocycles. The molecule has 0 aromatic rings. The Hall–Kier alpha value is -0.120. The third-order valence-corrected chi connectivity index (χ3v) is 3.07. The molecule has 3 nitrogen and oxygen atoms in total. The fourth-order valence-electron chi connectivity index (χ4n) is 2.01. The second-order valence-corrected chi connectivity index (χ2v) is 4.49. The molecule has 0 saturated heterocycles. The topological polar surface area (TPSA) is 52.5 Å². The first-order valence-electron chi connectivity index (χ1n) is 5.76. The molecule has 0 spiro atoms. The average molecular weight is 201 g/mol. The van der Waals surface area contributed by atoms with Gasteiger partial charge in [-0.15, -0.1) is 0 Å². The third-order valence-electron chi connectivity index (χ3n) is 3.07. The summed E-state index contributed by atoms with van der Waals surface area (Å²) >= 11 is 0. The molecular formula is C11H23NO2. The lowest BCUT2D eigenvalue weighted by Gasteiger charge is -2.16. The molecule has 0 aromatic heterocycles. The Bertz CT molecular complexity index is 152. The zero-order valence-electron chi connectivity index (χ0n) is 9.08. The van der Waals surface area contributed by atoms with E-state index in [1.165, 1.54) is 0 Å². The molecule has 14 heavy (non-hydrogen) atoms. The van der Waals surface area contributed by atoms with Gasteiger partial charge in [-0.05, 0) is 44.6 Å². The number of hydrogen-bond acceptors (Lipinski definition) is 3. The van der Waals surface area contributed by atoms with Gasteiger partial charge in [0.2, 0.25) is 0 Å². The summed E-state index contributed by atoms with van der Waals surface area (Å²) < 4.78 is 0. The van der Waals surface area contributed by atoms with Gasteiger partial charge in [0, 0.05) is 12.6 Å². The van der Waals surface area contributed by atoms with Gasteiger partial charge in [0.1, 0.15) is 0 Å². The first-order valence-corrected chi connectivity index (χ1v) is 5.76. The van der Waals surface area contributed by atoms with Gasteiger partial charge >= 0.3 is 0 Å². The predicted octanol–water partition coefficient (Wildman–Crippen LogP) is 0.898. The van der Waals surface area contributed by atoms with Gasteiger partial charge < -0.3 is 15.5 Å². The van der Waals surface area contributed by atoms with Gasteiger partial charge in [0.05, 0.1) is 6.10 Å². The highest BCUT2D eigenvalue weighted by Crippen LogP contribution is 2.18. The van der Waals surface area contributed by atoms with Crippen LogP contribution in [-0.2, 0) is 0 Å². The number of aliphatic hydroxyl groups is 2. The van der Waals surface area contributed by atoms with Crippen LogP contribution >= 0.6 is 0 Å². The predicted molar refractivity (Wildman–Crippen MR) is 57.1 cm³/mol. The highest BCUT2D eigenvalue weighted by atomic mass is 16.3. The average Bonchev–Trinajstić information content (AvgIpc) is 2.58. The normalized spacial score (nSPS) is 29.4. The molecule has 3 heteroatoms. The summed E-state index contributed by atoms with van der Waals surface area (Å²) in [4.78, 5) is 0. The zero-order valence-corrected chi connectivity index (χ0v) is 9.08. The largest absolute Gasteiger partial charge is 0.396 e. The Morgan fingerprint density at radius 2 is 2.21 bits per heavy atom. The van der Waals surface area contributed by atoms with E-state index in [9.17, 15) is 5.11 Å². The lowest BCUT2D eigenvalue weighted by Crippen LogP contribution is -2.36. The van der Waals surface area contributed by atoms with E-state index >= 15 is 0 Å². The SMILES string of the molecule is CC(CO)CCCN[C@H]1CCC[C@@H]1O. The highest BCUT2D eigenvalue weighted by Gasteiger charge is 2.23. The molecule has 84 valence electrons. The zero-order chi connectivity index (χ0) is 10.4. The van der Waals surface area contributed by atoms with Crippen LogP contribution < -0.4 is 5.32 Å². The van der Waals surface area contributed by atoms with E-state index in [4.69, 9.17) is 5.11 Å². The molecule has 3 N–H and O–H groups in total. The Morgan fingerprint density at radius 3 is 2.79 bits per heavy atom. The van der Waals surface area contributed by atoms with Crippen molar-refractivity contribution in [1.82, 2.24) is 5.32 Å². The molecule has 0 amide bonds. The summed E-state index contributed by atoms with van der Waals surface area (Å²) in [6.07, 6.45) is 5.22. The molecule has 1 rings (SSSR count).